The molecular weight excluding hydrogens is 319 g/mol. The van der Waals surface area contributed by atoms with Gasteiger partial charge < -0.3 is 4.90 Å². The molecule has 0 N–H and O–H groups in total. The minimum absolute atomic E-state index is 0.191. The molecule has 0 spiro atoms. The number of carbonyl (C=O) groups is 1. The lowest BCUT2D eigenvalue weighted by molar-refractivity contribution is -0.544. The van der Waals surface area contributed by atoms with Crippen molar-refractivity contribution in [1.29, 1.82) is 0 Å². The number of rotatable bonds is 3. The summed E-state index contributed by atoms with van der Waals surface area (Å²) >= 11 is 7.32. The lowest BCUT2D eigenvalue weighted by Crippen LogP contribution is -2.55. The minimum Gasteiger partial charge on any atom is -0.316 e. The van der Waals surface area contributed by atoms with Crippen LogP contribution in [0.2, 0.25) is 5.02 Å². The molecule has 1 aromatic carbocycles. The highest BCUT2D eigenvalue weighted by molar-refractivity contribution is 8.00. The third-order valence-corrected chi connectivity index (χ3v) is 5.50. The Kier molecular flexibility index (Phi) is 3.79. The van der Waals surface area contributed by atoms with E-state index in [4.69, 9.17) is 11.6 Å². The summed E-state index contributed by atoms with van der Waals surface area (Å²) in [6, 6.07) is 3.11. The Morgan fingerprint density at radius 1 is 1.43 bits per heavy atom. The van der Waals surface area contributed by atoms with Crippen LogP contribution < -0.4 is 0 Å². The molecule has 0 radical (unpaired) electrons. The largest absolute Gasteiger partial charge is 0.316 e. The fourth-order valence-electron chi connectivity index (χ4n) is 2.80. The molecule has 1 saturated heterocycles. The minimum atomic E-state index is -0.763. The summed E-state index contributed by atoms with van der Waals surface area (Å²) in [6.07, 6.45) is 1.02. The number of amides is 1. The van der Waals surface area contributed by atoms with Gasteiger partial charge in [0.2, 0.25) is 11.9 Å². The number of carbonyl (C=O) groups excluding carboxylic acids is 1. The van der Waals surface area contributed by atoms with E-state index in [0.29, 0.717) is 12.8 Å². The summed E-state index contributed by atoms with van der Waals surface area (Å²) in [6.45, 7) is 0. The molecule has 0 aromatic heterocycles. The maximum Gasteiger partial charge on any atom is 0.234 e. The first-order valence-corrected chi connectivity index (χ1v) is 7.93. The van der Waals surface area contributed by atoms with E-state index >= 15 is 0 Å². The number of nitro groups is 1. The predicted octanol–water partition coefficient (Wildman–Crippen LogP) is 2.86. The lowest BCUT2D eigenvalue weighted by atomic mass is 9.85. The smallest absolute Gasteiger partial charge is 0.234 e. The summed E-state index contributed by atoms with van der Waals surface area (Å²) < 4.78 is 14.1. The van der Waals surface area contributed by atoms with Crippen molar-refractivity contribution in [2.45, 2.75) is 30.3 Å². The lowest BCUT2D eigenvalue weighted by Gasteiger charge is -2.39. The maximum atomic E-state index is 14.1. The molecule has 1 heterocycles. The van der Waals surface area contributed by atoms with Gasteiger partial charge in [-0.25, -0.2) is 4.39 Å². The van der Waals surface area contributed by atoms with Crippen molar-refractivity contribution < 1.29 is 14.1 Å². The molecule has 112 valence electrons. The quantitative estimate of drug-likeness (QED) is 0.631. The summed E-state index contributed by atoms with van der Waals surface area (Å²) in [7, 11) is 0. The third-order valence-electron chi connectivity index (χ3n) is 3.98. The van der Waals surface area contributed by atoms with Crippen molar-refractivity contribution in [3.8, 4) is 0 Å². The van der Waals surface area contributed by atoms with E-state index in [9.17, 15) is 19.3 Å². The van der Waals surface area contributed by atoms with Crippen LogP contribution in [0.4, 0.5) is 4.39 Å². The molecule has 1 aliphatic carbocycles. The van der Waals surface area contributed by atoms with Crippen LogP contribution in [0.5, 0.6) is 0 Å². The number of halogens is 2. The van der Waals surface area contributed by atoms with E-state index < -0.39 is 23.3 Å². The fourth-order valence-corrected chi connectivity index (χ4v) is 4.42. The first-order valence-electron chi connectivity index (χ1n) is 6.51. The van der Waals surface area contributed by atoms with Crippen molar-refractivity contribution in [3.05, 3.63) is 44.7 Å². The number of hydrogen-bond donors (Lipinski definition) is 0. The van der Waals surface area contributed by atoms with Gasteiger partial charge >= 0.3 is 0 Å². The number of benzene rings is 1. The van der Waals surface area contributed by atoms with E-state index in [1.807, 2.05) is 0 Å². The van der Waals surface area contributed by atoms with Gasteiger partial charge in [0, 0.05) is 21.9 Å². The van der Waals surface area contributed by atoms with Crippen molar-refractivity contribution >= 4 is 29.3 Å². The zero-order valence-electron chi connectivity index (χ0n) is 10.9. The number of nitrogens with zero attached hydrogens (tertiary/aromatic N) is 2. The number of hydrogen-bond acceptors (Lipinski definition) is 4. The molecule has 2 aliphatic rings. The van der Waals surface area contributed by atoms with Crippen LogP contribution in [0.15, 0.2) is 18.2 Å². The molecule has 1 aromatic rings. The molecule has 3 unspecified atom stereocenters. The van der Waals surface area contributed by atoms with E-state index in [2.05, 4.69) is 0 Å². The monoisotopic (exact) mass is 330 g/mol. The molecule has 8 heteroatoms. The molecule has 1 amide bonds. The maximum absolute atomic E-state index is 14.1. The van der Waals surface area contributed by atoms with Gasteiger partial charge in [-0.3, -0.25) is 14.9 Å². The van der Waals surface area contributed by atoms with Gasteiger partial charge in [0.1, 0.15) is 17.2 Å². The zero-order valence-corrected chi connectivity index (χ0v) is 12.4. The van der Waals surface area contributed by atoms with Gasteiger partial charge in [-0.2, -0.15) is 0 Å². The SMILES string of the molecule is O=C1CSC(c2c(F)cccc2Cl)N1C1CCC1[N+](=O)[O-]. The van der Waals surface area contributed by atoms with Crippen molar-refractivity contribution in [1.82, 2.24) is 4.90 Å². The highest BCUT2D eigenvalue weighted by Gasteiger charge is 2.51. The van der Waals surface area contributed by atoms with E-state index in [1.165, 1.54) is 28.8 Å². The summed E-state index contributed by atoms with van der Waals surface area (Å²) in [4.78, 5) is 24.2. The van der Waals surface area contributed by atoms with Crippen LogP contribution >= 0.6 is 23.4 Å². The molecular formula is C13H12ClFN2O3S. The number of thioether (sulfide) groups is 1. The van der Waals surface area contributed by atoms with Crippen LogP contribution in [-0.4, -0.2) is 33.6 Å². The van der Waals surface area contributed by atoms with E-state index in [1.54, 1.807) is 6.07 Å². The predicted molar refractivity (Wildman–Crippen MR) is 77.3 cm³/mol. The third kappa shape index (κ3) is 2.38. The van der Waals surface area contributed by atoms with Crippen molar-refractivity contribution in [2.75, 3.05) is 5.75 Å². The Balaban J connectivity index is 1.95. The molecule has 5 nitrogen and oxygen atoms in total. The average Bonchev–Trinajstić information content (AvgIpc) is 2.70. The first kappa shape index (κ1) is 14.6. The molecule has 3 rings (SSSR count). The normalized spacial score (nSPS) is 28.6. The Hall–Kier alpha value is -1.34. The molecule has 1 aliphatic heterocycles. The summed E-state index contributed by atoms with van der Waals surface area (Å²) in [5.41, 5.74) is 0.240. The van der Waals surface area contributed by atoms with Gasteiger partial charge in [0.05, 0.1) is 5.75 Å². The van der Waals surface area contributed by atoms with Crippen LogP contribution in [0, 0.1) is 15.9 Å². The zero-order chi connectivity index (χ0) is 15.1. The summed E-state index contributed by atoms with van der Waals surface area (Å²) in [5.74, 6) is -0.492. The van der Waals surface area contributed by atoms with Crippen LogP contribution in [0.3, 0.4) is 0 Å². The van der Waals surface area contributed by atoms with Gasteiger partial charge in [-0.05, 0) is 18.6 Å². The standard InChI is InChI=1S/C13H12ClFN2O3S/c14-7-2-1-3-8(15)12(7)13-16(11(18)6-21-13)9-4-5-10(9)17(19)20/h1-3,9-10,13H,4-6H2. The Morgan fingerprint density at radius 3 is 2.76 bits per heavy atom. The molecule has 3 atom stereocenters. The summed E-state index contributed by atoms with van der Waals surface area (Å²) in [5, 5.41) is 10.6. The second-order valence-electron chi connectivity index (χ2n) is 5.10. The van der Waals surface area contributed by atoms with E-state index in [0.717, 1.165) is 0 Å². The highest BCUT2D eigenvalue weighted by Crippen LogP contribution is 2.47. The topological polar surface area (TPSA) is 63.5 Å². The fraction of sp³-hybridized carbons (Fsp3) is 0.462. The Labute approximate surface area is 129 Å². The van der Waals surface area contributed by atoms with Crippen molar-refractivity contribution in [3.63, 3.8) is 0 Å². The van der Waals surface area contributed by atoms with Gasteiger partial charge in [0.25, 0.3) is 0 Å². The molecule has 2 fully saturated rings. The van der Waals surface area contributed by atoms with Gasteiger partial charge in [-0.15, -0.1) is 11.8 Å². The van der Waals surface area contributed by atoms with Gasteiger partial charge in [0.15, 0.2) is 0 Å². The average molecular weight is 331 g/mol. The molecule has 21 heavy (non-hydrogen) atoms. The second kappa shape index (κ2) is 5.46. The van der Waals surface area contributed by atoms with Crippen LogP contribution in [-0.2, 0) is 4.79 Å². The Bertz CT molecular complexity index is 595. The second-order valence-corrected chi connectivity index (χ2v) is 6.57. The molecule has 1 saturated carbocycles. The van der Waals surface area contributed by atoms with Crippen molar-refractivity contribution in [2.24, 2.45) is 0 Å². The highest BCUT2D eigenvalue weighted by atomic mass is 35.5. The van der Waals surface area contributed by atoms with Gasteiger partial charge in [-0.1, -0.05) is 17.7 Å². The van der Waals surface area contributed by atoms with Crippen LogP contribution in [0.25, 0.3) is 0 Å². The molecule has 0 bridgehead atoms. The Morgan fingerprint density at radius 2 is 2.19 bits per heavy atom. The van der Waals surface area contributed by atoms with E-state index in [-0.39, 0.29) is 27.2 Å². The van der Waals surface area contributed by atoms with Crippen LogP contribution in [0.1, 0.15) is 23.8 Å². The first-order chi connectivity index (χ1) is 10.0.